The number of nitrogens with one attached hydrogen (secondary N) is 1. The largest absolute Gasteiger partial charge is 0.494 e. The van der Waals surface area contributed by atoms with Gasteiger partial charge in [0.2, 0.25) is 5.88 Å². The van der Waals surface area contributed by atoms with E-state index < -0.39 is 23.2 Å². The number of alkyl halides is 3. The summed E-state index contributed by atoms with van der Waals surface area (Å²) in [7, 11) is 0. The fraction of sp³-hybridized carbons (Fsp3) is 0.353. The first-order valence-electron chi connectivity index (χ1n) is 8.32. The Hall–Kier alpha value is -2.62. The van der Waals surface area contributed by atoms with Gasteiger partial charge in [-0.1, -0.05) is 6.07 Å². The Bertz CT molecular complexity index is 975. The number of piperidine rings is 1. The Morgan fingerprint density at radius 2 is 1.93 bits per heavy atom. The van der Waals surface area contributed by atoms with Gasteiger partial charge in [-0.25, -0.2) is 0 Å². The second kappa shape index (κ2) is 7.55. The SMILES string of the molecule is O=c1[nH]c(=S)n(-c2cccc(C(F)(F)F)c2)c(O)c1C=NN1CCCCC1. The summed E-state index contributed by atoms with van der Waals surface area (Å²) in [6.45, 7) is 1.48. The van der Waals surface area contributed by atoms with Gasteiger partial charge in [0.05, 0.1) is 17.5 Å². The molecule has 0 aliphatic carbocycles. The van der Waals surface area contributed by atoms with Crippen LogP contribution in [0.4, 0.5) is 13.2 Å². The van der Waals surface area contributed by atoms with E-state index >= 15 is 0 Å². The van der Waals surface area contributed by atoms with E-state index in [1.165, 1.54) is 18.3 Å². The first-order valence-corrected chi connectivity index (χ1v) is 8.73. The van der Waals surface area contributed by atoms with E-state index in [4.69, 9.17) is 12.2 Å². The molecule has 0 spiro atoms. The number of halogens is 3. The van der Waals surface area contributed by atoms with Gasteiger partial charge in [0.15, 0.2) is 4.77 Å². The van der Waals surface area contributed by atoms with Gasteiger partial charge in [-0.05, 0) is 49.7 Å². The summed E-state index contributed by atoms with van der Waals surface area (Å²) in [6, 6.07) is 4.31. The van der Waals surface area contributed by atoms with Crippen LogP contribution in [-0.2, 0) is 6.18 Å². The van der Waals surface area contributed by atoms with Crippen LogP contribution in [0.1, 0.15) is 30.4 Å². The smallest absolute Gasteiger partial charge is 0.416 e. The van der Waals surface area contributed by atoms with Gasteiger partial charge >= 0.3 is 6.18 Å². The number of nitrogens with zero attached hydrogens (tertiary/aromatic N) is 3. The molecule has 1 aromatic carbocycles. The van der Waals surface area contributed by atoms with Crippen LogP contribution in [0.15, 0.2) is 34.2 Å². The number of hydrogen-bond donors (Lipinski definition) is 2. The highest BCUT2D eigenvalue weighted by molar-refractivity contribution is 7.71. The fourth-order valence-electron chi connectivity index (χ4n) is 2.85. The molecule has 0 radical (unpaired) electrons. The van der Waals surface area contributed by atoms with Crippen molar-refractivity contribution in [2.45, 2.75) is 25.4 Å². The number of aromatic amines is 1. The van der Waals surface area contributed by atoms with E-state index in [1.807, 2.05) is 0 Å². The molecule has 6 nitrogen and oxygen atoms in total. The molecule has 144 valence electrons. The van der Waals surface area contributed by atoms with Crippen LogP contribution >= 0.6 is 12.2 Å². The number of H-pyrrole nitrogens is 1. The van der Waals surface area contributed by atoms with Crippen LogP contribution in [0.2, 0.25) is 0 Å². The zero-order valence-corrected chi connectivity index (χ0v) is 15.0. The topological polar surface area (TPSA) is 73.6 Å². The zero-order valence-electron chi connectivity index (χ0n) is 14.2. The van der Waals surface area contributed by atoms with E-state index in [9.17, 15) is 23.1 Å². The third kappa shape index (κ3) is 4.21. The lowest BCUT2D eigenvalue weighted by Crippen LogP contribution is -2.25. The van der Waals surface area contributed by atoms with Gasteiger partial charge in [-0.15, -0.1) is 0 Å². The van der Waals surface area contributed by atoms with E-state index in [0.29, 0.717) is 0 Å². The average molecular weight is 398 g/mol. The van der Waals surface area contributed by atoms with Gasteiger partial charge in [0, 0.05) is 13.1 Å². The third-order valence-corrected chi connectivity index (χ3v) is 4.52. The zero-order chi connectivity index (χ0) is 19.6. The minimum Gasteiger partial charge on any atom is -0.494 e. The van der Waals surface area contributed by atoms with Crippen LogP contribution < -0.4 is 5.56 Å². The molecule has 0 unspecified atom stereocenters. The molecule has 2 heterocycles. The van der Waals surface area contributed by atoms with Crippen molar-refractivity contribution in [1.29, 1.82) is 0 Å². The van der Waals surface area contributed by atoms with Crippen molar-refractivity contribution in [3.05, 3.63) is 50.5 Å². The van der Waals surface area contributed by atoms with Gasteiger partial charge in [0.25, 0.3) is 5.56 Å². The maximum Gasteiger partial charge on any atom is 0.416 e. The molecule has 10 heteroatoms. The normalized spacial score (nSPS) is 15.4. The number of aromatic nitrogens is 2. The summed E-state index contributed by atoms with van der Waals surface area (Å²) in [5, 5.41) is 16.5. The van der Waals surface area contributed by atoms with Crippen LogP contribution in [-0.4, -0.2) is 39.0 Å². The predicted molar refractivity (Wildman–Crippen MR) is 96.9 cm³/mol. The summed E-state index contributed by atoms with van der Waals surface area (Å²) in [4.78, 5) is 14.5. The minimum absolute atomic E-state index is 0.0174. The molecule has 1 saturated heterocycles. The predicted octanol–water partition coefficient (Wildman–Crippen LogP) is 3.44. The fourth-order valence-corrected chi connectivity index (χ4v) is 3.13. The highest BCUT2D eigenvalue weighted by atomic mass is 32.1. The molecule has 1 aliphatic rings. The van der Waals surface area contributed by atoms with E-state index in [-0.39, 0.29) is 16.0 Å². The second-order valence-corrected chi connectivity index (χ2v) is 6.53. The Kier molecular flexibility index (Phi) is 5.36. The van der Waals surface area contributed by atoms with Crippen molar-refractivity contribution in [2.24, 2.45) is 5.10 Å². The quantitative estimate of drug-likeness (QED) is 0.614. The number of benzene rings is 1. The molecule has 1 aromatic heterocycles. The molecule has 0 atom stereocenters. The van der Waals surface area contributed by atoms with Crippen molar-refractivity contribution < 1.29 is 18.3 Å². The summed E-state index contributed by atoms with van der Waals surface area (Å²) in [5.74, 6) is -0.566. The molecule has 0 saturated carbocycles. The van der Waals surface area contributed by atoms with Crippen LogP contribution in [0.3, 0.4) is 0 Å². The number of hydrazone groups is 1. The minimum atomic E-state index is -4.55. The first-order chi connectivity index (χ1) is 12.8. The van der Waals surface area contributed by atoms with Crippen LogP contribution in [0.5, 0.6) is 5.88 Å². The van der Waals surface area contributed by atoms with E-state index in [1.54, 1.807) is 5.01 Å². The maximum absolute atomic E-state index is 13.0. The average Bonchev–Trinajstić information content (AvgIpc) is 2.61. The molecular weight excluding hydrogens is 381 g/mol. The van der Waals surface area contributed by atoms with Crippen molar-refractivity contribution in [3.63, 3.8) is 0 Å². The third-order valence-electron chi connectivity index (χ3n) is 4.24. The lowest BCUT2D eigenvalue weighted by Gasteiger charge is -2.23. The lowest BCUT2D eigenvalue weighted by atomic mass is 10.2. The van der Waals surface area contributed by atoms with Gasteiger partial charge in [0.1, 0.15) is 5.56 Å². The Morgan fingerprint density at radius 3 is 2.59 bits per heavy atom. The van der Waals surface area contributed by atoms with Crippen molar-refractivity contribution in [2.75, 3.05) is 13.1 Å². The van der Waals surface area contributed by atoms with Crippen molar-refractivity contribution in [1.82, 2.24) is 14.6 Å². The lowest BCUT2D eigenvalue weighted by molar-refractivity contribution is -0.137. The number of rotatable bonds is 3. The van der Waals surface area contributed by atoms with Crippen LogP contribution in [0.25, 0.3) is 5.69 Å². The molecule has 1 aliphatic heterocycles. The molecule has 0 amide bonds. The van der Waals surface area contributed by atoms with E-state index in [2.05, 4.69) is 10.1 Å². The monoisotopic (exact) mass is 398 g/mol. The van der Waals surface area contributed by atoms with Crippen LogP contribution in [0, 0.1) is 4.77 Å². The number of aromatic hydroxyl groups is 1. The Balaban J connectivity index is 2.06. The Morgan fingerprint density at radius 1 is 1.22 bits per heavy atom. The summed E-state index contributed by atoms with van der Waals surface area (Å²) >= 11 is 5.03. The first kappa shape index (κ1) is 19.2. The molecule has 0 bridgehead atoms. The molecule has 3 rings (SSSR count). The maximum atomic E-state index is 13.0. The standard InChI is InChI=1S/C17H17F3N4O2S/c18-17(19,20)11-5-4-6-12(9-11)24-15(26)13(14(25)22-16(24)27)10-21-23-7-2-1-3-8-23/h4-6,9-10,26H,1-3,7-8H2,(H,22,25,27). The second-order valence-electron chi connectivity index (χ2n) is 6.14. The molecule has 2 aromatic rings. The summed E-state index contributed by atoms with van der Waals surface area (Å²) < 4.78 is 39.7. The van der Waals surface area contributed by atoms with Gasteiger partial charge in [-0.3, -0.25) is 19.4 Å². The van der Waals surface area contributed by atoms with Crippen molar-refractivity contribution >= 4 is 18.4 Å². The van der Waals surface area contributed by atoms with E-state index in [0.717, 1.165) is 49.1 Å². The molecule has 27 heavy (non-hydrogen) atoms. The van der Waals surface area contributed by atoms with Crippen molar-refractivity contribution in [3.8, 4) is 11.6 Å². The summed E-state index contributed by atoms with van der Waals surface area (Å²) in [6.07, 6.45) is -0.269. The number of hydrogen-bond acceptors (Lipinski definition) is 5. The molecule has 1 fully saturated rings. The van der Waals surface area contributed by atoms with Gasteiger partial charge in [-0.2, -0.15) is 18.3 Å². The highest BCUT2D eigenvalue weighted by Crippen LogP contribution is 2.31. The summed E-state index contributed by atoms with van der Waals surface area (Å²) in [5.41, 5.74) is -1.75. The highest BCUT2D eigenvalue weighted by Gasteiger charge is 2.30. The molecular formula is C17H17F3N4O2S. The molecule has 2 N–H and O–H groups in total. The Labute approximate surface area is 157 Å². The van der Waals surface area contributed by atoms with Gasteiger partial charge < -0.3 is 5.11 Å².